The first kappa shape index (κ1) is 14.7. The number of rotatable bonds is 3. The number of carbonyl (C=O) groups excluding carboxylic acids is 2. The van der Waals surface area contributed by atoms with Crippen molar-refractivity contribution in [2.75, 3.05) is 0 Å². The molecule has 0 radical (unpaired) electrons. The third-order valence-electron chi connectivity index (χ3n) is 2.80. The molecular weight excluding hydrogens is 367 g/mol. The lowest BCUT2D eigenvalue weighted by Crippen LogP contribution is -2.11. The zero-order valence-corrected chi connectivity index (χ0v) is 13.3. The molecule has 2 aromatic carbocycles. The maximum atomic E-state index is 12.0. The van der Waals surface area contributed by atoms with Crippen LogP contribution in [0.1, 0.15) is 33.2 Å². The van der Waals surface area contributed by atoms with Gasteiger partial charge in [-0.1, -0.05) is 11.6 Å². The molecule has 0 aliphatic heterocycles. The Hall–Kier alpha value is -1.69. The lowest BCUT2D eigenvalue weighted by molar-refractivity contribution is 0.0733. The molecule has 0 fully saturated rings. The lowest BCUT2D eigenvalue weighted by Gasteiger charge is -2.09. The molecule has 0 atom stereocenters. The van der Waals surface area contributed by atoms with Gasteiger partial charge in [0.05, 0.1) is 11.1 Å². The Kier molecular flexibility index (Phi) is 4.54. The van der Waals surface area contributed by atoms with E-state index in [-0.39, 0.29) is 5.78 Å². The minimum Gasteiger partial charge on any atom is -0.422 e. The van der Waals surface area contributed by atoms with Crippen LogP contribution in [0.5, 0.6) is 5.75 Å². The number of carbonyl (C=O) groups is 2. The van der Waals surface area contributed by atoms with E-state index in [4.69, 9.17) is 4.74 Å². The van der Waals surface area contributed by atoms with Crippen LogP contribution in [-0.4, -0.2) is 11.8 Å². The van der Waals surface area contributed by atoms with Crippen molar-refractivity contribution >= 4 is 34.3 Å². The van der Waals surface area contributed by atoms with Crippen molar-refractivity contribution in [2.24, 2.45) is 0 Å². The maximum Gasteiger partial charge on any atom is 0.343 e. The number of ether oxygens (including phenoxy) is 1. The van der Waals surface area contributed by atoms with Crippen LogP contribution in [0.25, 0.3) is 0 Å². The molecule has 0 saturated carbocycles. The van der Waals surface area contributed by atoms with Gasteiger partial charge in [0.15, 0.2) is 5.78 Å². The van der Waals surface area contributed by atoms with Gasteiger partial charge in [0.2, 0.25) is 0 Å². The highest BCUT2D eigenvalue weighted by Crippen LogP contribution is 2.22. The molecule has 0 N–H and O–H groups in total. The molecule has 0 saturated heterocycles. The Labute approximate surface area is 131 Å². The lowest BCUT2D eigenvalue weighted by atomic mass is 10.1. The van der Waals surface area contributed by atoms with Crippen molar-refractivity contribution in [3.8, 4) is 5.75 Å². The first-order valence-corrected chi connectivity index (χ1v) is 7.14. The highest BCUT2D eigenvalue weighted by molar-refractivity contribution is 14.1. The van der Waals surface area contributed by atoms with Gasteiger partial charge in [-0.3, -0.25) is 4.79 Å². The van der Waals surface area contributed by atoms with Gasteiger partial charge in [-0.05, 0) is 72.8 Å². The van der Waals surface area contributed by atoms with E-state index in [9.17, 15) is 9.59 Å². The Bertz CT molecular complexity index is 660. The van der Waals surface area contributed by atoms with Gasteiger partial charge in [0.25, 0.3) is 0 Å². The fourth-order valence-electron chi connectivity index (χ4n) is 1.75. The van der Waals surface area contributed by atoms with Crippen molar-refractivity contribution in [1.82, 2.24) is 0 Å². The molecule has 102 valence electrons. The van der Waals surface area contributed by atoms with E-state index in [1.54, 1.807) is 24.3 Å². The summed E-state index contributed by atoms with van der Waals surface area (Å²) in [6.45, 7) is 3.34. The molecular formula is C16H13IO3. The molecule has 0 bridgehead atoms. The molecule has 0 aliphatic rings. The molecule has 20 heavy (non-hydrogen) atoms. The number of halogens is 1. The van der Waals surface area contributed by atoms with E-state index in [1.165, 1.54) is 6.92 Å². The van der Waals surface area contributed by atoms with Crippen LogP contribution in [0.4, 0.5) is 0 Å². The molecule has 0 unspecified atom stereocenters. The number of aryl methyl sites for hydroxylation is 1. The zero-order valence-electron chi connectivity index (χ0n) is 11.1. The highest BCUT2D eigenvalue weighted by Gasteiger charge is 2.14. The van der Waals surface area contributed by atoms with Gasteiger partial charge < -0.3 is 4.74 Å². The standard InChI is InChI=1S/C16H13IO3/c1-10-3-8-15(14(9-10)11(2)18)20-16(19)12-4-6-13(17)7-5-12/h3-9H,1-2H3. The van der Waals surface area contributed by atoms with Crippen LogP contribution in [0.3, 0.4) is 0 Å². The van der Waals surface area contributed by atoms with Crippen molar-refractivity contribution < 1.29 is 14.3 Å². The average Bonchev–Trinajstić information content (AvgIpc) is 2.41. The minimum atomic E-state index is -0.465. The van der Waals surface area contributed by atoms with Gasteiger partial charge in [0.1, 0.15) is 5.75 Å². The summed E-state index contributed by atoms with van der Waals surface area (Å²) in [7, 11) is 0. The molecule has 2 aromatic rings. The molecule has 2 rings (SSSR count). The molecule has 0 aliphatic carbocycles. The summed E-state index contributed by atoms with van der Waals surface area (Å²) in [5.41, 5.74) is 1.83. The molecule has 0 spiro atoms. The fourth-order valence-corrected chi connectivity index (χ4v) is 2.11. The van der Waals surface area contributed by atoms with Gasteiger partial charge in [-0.15, -0.1) is 0 Å². The first-order chi connectivity index (χ1) is 9.47. The molecule has 3 nitrogen and oxygen atoms in total. The van der Waals surface area contributed by atoms with E-state index in [0.29, 0.717) is 16.9 Å². The average molecular weight is 380 g/mol. The van der Waals surface area contributed by atoms with Crippen LogP contribution < -0.4 is 4.74 Å². The van der Waals surface area contributed by atoms with Gasteiger partial charge in [-0.25, -0.2) is 4.79 Å². The maximum absolute atomic E-state index is 12.0. The second kappa shape index (κ2) is 6.17. The summed E-state index contributed by atoms with van der Waals surface area (Å²) >= 11 is 2.16. The Morgan fingerprint density at radius 3 is 2.30 bits per heavy atom. The predicted molar refractivity (Wildman–Crippen MR) is 85.3 cm³/mol. The quantitative estimate of drug-likeness (QED) is 0.350. The van der Waals surface area contributed by atoms with E-state index in [2.05, 4.69) is 22.6 Å². The molecule has 0 heterocycles. The zero-order chi connectivity index (χ0) is 14.7. The van der Waals surface area contributed by atoms with E-state index < -0.39 is 5.97 Å². The predicted octanol–water partition coefficient (Wildman–Crippen LogP) is 4.02. The normalized spacial score (nSPS) is 10.2. The van der Waals surface area contributed by atoms with Crippen molar-refractivity contribution in [2.45, 2.75) is 13.8 Å². The van der Waals surface area contributed by atoms with E-state index >= 15 is 0 Å². The topological polar surface area (TPSA) is 43.4 Å². The van der Waals surface area contributed by atoms with Crippen LogP contribution in [0, 0.1) is 10.5 Å². The molecule has 0 aromatic heterocycles. The van der Waals surface area contributed by atoms with Crippen LogP contribution >= 0.6 is 22.6 Å². The largest absolute Gasteiger partial charge is 0.422 e. The van der Waals surface area contributed by atoms with Crippen LogP contribution in [0.15, 0.2) is 42.5 Å². The summed E-state index contributed by atoms with van der Waals surface area (Å²) in [4.78, 5) is 23.6. The van der Waals surface area contributed by atoms with Crippen molar-refractivity contribution in [1.29, 1.82) is 0 Å². The summed E-state index contributed by atoms with van der Waals surface area (Å²) in [6.07, 6.45) is 0. The third-order valence-corrected chi connectivity index (χ3v) is 3.52. The van der Waals surface area contributed by atoms with Crippen LogP contribution in [0.2, 0.25) is 0 Å². The Balaban J connectivity index is 2.28. The van der Waals surface area contributed by atoms with Crippen molar-refractivity contribution in [3.05, 3.63) is 62.7 Å². The SMILES string of the molecule is CC(=O)c1cc(C)ccc1OC(=O)c1ccc(I)cc1. The second-order valence-corrected chi connectivity index (χ2v) is 5.70. The number of ketones is 1. The Morgan fingerprint density at radius 1 is 1.05 bits per heavy atom. The van der Waals surface area contributed by atoms with Crippen LogP contribution in [-0.2, 0) is 0 Å². The smallest absolute Gasteiger partial charge is 0.343 e. The van der Waals surface area contributed by atoms with E-state index in [0.717, 1.165) is 9.13 Å². The highest BCUT2D eigenvalue weighted by atomic mass is 127. The number of hydrogen-bond acceptors (Lipinski definition) is 3. The third kappa shape index (κ3) is 3.45. The number of Topliss-reactive ketones (excluding diaryl/α,β-unsaturated/α-hetero) is 1. The Morgan fingerprint density at radius 2 is 1.70 bits per heavy atom. The molecule has 4 heteroatoms. The fraction of sp³-hybridized carbons (Fsp3) is 0.125. The summed E-state index contributed by atoms with van der Waals surface area (Å²) in [6, 6.07) is 12.2. The summed E-state index contributed by atoms with van der Waals surface area (Å²) < 4.78 is 6.37. The first-order valence-electron chi connectivity index (χ1n) is 6.06. The number of benzene rings is 2. The minimum absolute atomic E-state index is 0.126. The number of esters is 1. The van der Waals surface area contributed by atoms with Gasteiger partial charge in [0, 0.05) is 3.57 Å². The summed E-state index contributed by atoms with van der Waals surface area (Å²) in [5.74, 6) is -0.293. The monoisotopic (exact) mass is 380 g/mol. The second-order valence-electron chi connectivity index (χ2n) is 4.45. The number of hydrogen-bond donors (Lipinski definition) is 0. The van der Waals surface area contributed by atoms with Gasteiger partial charge in [-0.2, -0.15) is 0 Å². The summed E-state index contributed by atoms with van der Waals surface area (Å²) in [5, 5.41) is 0. The van der Waals surface area contributed by atoms with Gasteiger partial charge >= 0.3 is 5.97 Å². The molecule has 0 amide bonds. The van der Waals surface area contributed by atoms with Crippen molar-refractivity contribution in [3.63, 3.8) is 0 Å². The van der Waals surface area contributed by atoms with E-state index in [1.807, 2.05) is 25.1 Å².